The van der Waals surface area contributed by atoms with E-state index in [2.05, 4.69) is 0 Å². The van der Waals surface area contributed by atoms with Crippen molar-refractivity contribution < 1.29 is 23.8 Å². The Bertz CT molecular complexity index is 598. The molecule has 0 aromatic heterocycles. The van der Waals surface area contributed by atoms with Crippen molar-refractivity contribution in [1.29, 1.82) is 0 Å². The van der Waals surface area contributed by atoms with Gasteiger partial charge in [-0.05, 0) is 42.9 Å². The Labute approximate surface area is 140 Å². The summed E-state index contributed by atoms with van der Waals surface area (Å²) in [7, 11) is 0. The second kappa shape index (κ2) is 7.30. The van der Waals surface area contributed by atoms with E-state index in [0.717, 1.165) is 24.8 Å². The summed E-state index contributed by atoms with van der Waals surface area (Å²) in [6, 6.07) is 6.33. The highest BCUT2D eigenvalue weighted by molar-refractivity contribution is 5.83. The molecule has 5 nitrogen and oxygen atoms in total. The fraction of sp³-hybridized carbons (Fsp3) is 0.556. The van der Waals surface area contributed by atoms with Gasteiger partial charge in [0.2, 0.25) is 5.91 Å². The molecule has 1 aromatic carbocycles. The number of benzene rings is 1. The molecule has 130 valence electrons. The number of amides is 1. The molecular formula is C18H22FNO4. The predicted octanol–water partition coefficient (Wildman–Crippen LogP) is 2.41. The van der Waals surface area contributed by atoms with Crippen molar-refractivity contribution >= 4 is 11.9 Å². The topological polar surface area (TPSA) is 66.8 Å². The van der Waals surface area contributed by atoms with Crippen molar-refractivity contribution in [2.75, 3.05) is 19.8 Å². The summed E-state index contributed by atoms with van der Waals surface area (Å²) in [6.07, 6.45) is 2.20. The van der Waals surface area contributed by atoms with E-state index in [-0.39, 0.29) is 42.6 Å². The average molecular weight is 335 g/mol. The molecule has 1 saturated heterocycles. The minimum atomic E-state index is -0.897. The van der Waals surface area contributed by atoms with Crippen LogP contribution in [0.5, 0.6) is 0 Å². The van der Waals surface area contributed by atoms with Gasteiger partial charge < -0.3 is 14.7 Å². The van der Waals surface area contributed by atoms with Gasteiger partial charge in [-0.3, -0.25) is 9.59 Å². The fourth-order valence-electron chi connectivity index (χ4n) is 3.44. The summed E-state index contributed by atoms with van der Waals surface area (Å²) in [5, 5.41) is 8.95. The second-order valence-electron chi connectivity index (χ2n) is 6.52. The number of hydrogen-bond donors (Lipinski definition) is 1. The number of aliphatic carboxylic acids is 1. The summed E-state index contributed by atoms with van der Waals surface area (Å²) < 4.78 is 18.4. The van der Waals surface area contributed by atoms with Gasteiger partial charge in [-0.1, -0.05) is 12.1 Å². The van der Waals surface area contributed by atoms with Crippen LogP contribution in [0.15, 0.2) is 24.3 Å². The third kappa shape index (κ3) is 3.93. The van der Waals surface area contributed by atoms with Crippen molar-refractivity contribution in [2.24, 2.45) is 5.92 Å². The minimum absolute atomic E-state index is 0.0254. The number of carbonyl (C=O) groups excluding carboxylic acids is 1. The average Bonchev–Trinajstić information content (AvgIpc) is 3.37. The molecule has 1 amide bonds. The summed E-state index contributed by atoms with van der Waals surface area (Å²) in [5.41, 5.74) is 0.972. The van der Waals surface area contributed by atoms with Crippen LogP contribution < -0.4 is 0 Å². The maximum Gasteiger partial charge on any atom is 0.305 e. The second-order valence-corrected chi connectivity index (χ2v) is 6.52. The molecule has 1 aliphatic carbocycles. The van der Waals surface area contributed by atoms with Gasteiger partial charge in [-0.25, -0.2) is 4.39 Å². The van der Waals surface area contributed by atoms with E-state index < -0.39 is 5.97 Å². The lowest BCUT2D eigenvalue weighted by atomic mass is 10.0. The molecule has 0 spiro atoms. The molecule has 24 heavy (non-hydrogen) atoms. The normalized spacial score (nSPS) is 23.7. The molecule has 0 unspecified atom stereocenters. The molecule has 0 bridgehead atoms. The SMILES string of the molecule is O=C(O)CCN(C(=O)[C@H]1C[C@H]1c1ccc(F)cc1)C1CCOCC1. The number of carboxylic acid groups (broad SMARTS) is 1. The maximum absolute atomic E-state index is 13.0. The molecule has 1 aliphatic heterocycles. The molecule has 2 fully saturated rings. The van der Waals surface area contributed by atoms with E-state index in [1.54, 1.807) is 17.0 Å². The molecule has 1 N–H and O–H groups in total. The van der Waals surface area contributed by atoms with Gasteiger partial charge in [0.1, 0.15) is 5.82 Å². The van der Waals surface area contributed by atoms with Crippen molar-refractivity contribution in [3.63, 3.8) is 0 Å². The molecule has 1 aromatic rings. The Morgan fingerprint density at radius 3 is 2.50 bits per heavy atom. The van der Waals surface area contributed by atoms with E-state index in [1.165, 1.54) is 12.1 Å². The lowest BCUT2D eigenvalue weighted by Crippen LogP contribution is -2.45. The molecule has 6 heteroatoms. The largest absolute Gasteiger partial charge is 0.481 e. The molecule has 2 atom stereocenters. The first-order valence-electron chi connectivity index (χ1n) is 8.41. The van der Waals surface area contributed by atoms with Gasteiger partial charge in [-0.2, -0.15) is 0 Å². The summed E-state index contributed by atoms with van der Waals surface area (Å²) in [5.74, 6) is -1.16. The number of hydrogen-bond acceptors (Lipinski definition) is 3. The quantitative estimate of drug-likeness (QED) is 0.867. The van der Waals surface area contributed by atoms with Crippen LogP contribution in [0.4, 0.5) is 4.39 Å². The zero-order chi connectivity index (χ0) is 17.1. The predicted molar refractivity (Wildman–Crippen MR) is 85.1 cm³/mol. The Morgan fingerprint density at radius 2 is 1.88 bits per heavy atom. The van der Waals surface area contributed by atoms with Gasteiger partial charge in [0.25, 0.3) is 0 Å². The van der Waals surface area contributed by atoms with Crippen molar-refractivity contribution in [3.05, 3.63) is 35.6 Å². The molecular weight excluding hydrogens is 313 g/mol. The zero-order valence-electron chi connectivity index (χ0n) is 13.5. The first-order valence-corrected chi connectivity index (χ1v) is 8.41. The van der Waals surface area contributed by atoms with Gasteiger partial charge in [0.15, 0.2) is 0 Å². The third-order valence-electron chi connectivity index (χ3n) is 4.89. The molecule has 1 heterocycles. The van der Waals surface area contributed by atoms with E-state index in [9.17, 15) is 14.0 Å². The van der Waals surface area contributed by atoms with Crippen LogP contribution in [-0.4, -0.2) is 47.7 Å². The number of nitrogens with zero attached hydrogens (tertiary/aromatic N) is 1. The summed E-state index contributed by atoms with van der Waals surface area (Å²) in [4.78, 5) is 25.5. The maximum atomic E-state index is 13.0. The highest BCUT2D eigenvalue weighted by Gasteiger charge is 2.46. The van der Waals surface area contributed by atoms with Crippen LogP contribution in [0, 0.1) is 11.7 Å². The standard InChI is InChI=1S/C18H22FNO4/c19-13-3-1-12(2-4-13)15-11-16(15)18(23)20(8-5-17(21)22)14-6-9-24-10-7-14/h1-4,14-16H,5-11H2,(H,21,22)/t15-,16-/m0/s1. The minimum Gasteiger partial charge on any atom is -0.481 e. The smallest absolute Gasteiger partial charge is 0.305 e. The lowest BCUT2D eigenvalue weighted by Gasteiger charge is -2.34. The van der Waals surface area contributed by atoms with E-state index >= 15 is 0 Å². The first kappa shape index (κ1) is 16.9. The van der Waals surface area contributed by atoms with Crippen LogP contribution >= 0.6 is 0 Å². The van der Waals surface area contributed by atoms with E-state index in [1.807, 2.05) is 0 Å². The Hall–Kier alpha value is -1.95. The fourth-order valence-corrected chi connectivity index (χ4v) is 3.44. The van der Waals surface area contributed by atoms with Crippen LogP contribution in [0.1, 0.15) is 37.2 Å². The zero-order valence-corrected chi connectivity index (χ0v) is 13.5. The molecule has 3 rings (SSSR count). The molecule has 1 saturated carbocycles. The van der Waals surface area contributed by atoms with Crippen molar-refractivity contribution in [2.45, 2.75) is 37.6 Å². The van der Waals surface area contributed by atoms with Crippen LogP contribution in [0.2, 0.25) is 0 Å². The molecule has 2 aliphatic rings. The van der Waals surface area contributed by atoms with Gasteiger partial charge >= 0.3 is 5.97 Å². The number of rotatable bonds is 6. The van der Waals surface area contributed by atoms with E-state index in [0.29, 0.717) is 13.2 Å². The Kier molecular flexibility index (Phi) is 5.14. The van der Waals surface area contributed by atoms with Crippen LogP contribution in [0.25, 0.3) is 0 Å². The third-order valence-corrected chi connectivity index (χ3v) is 4.89. The number of carboxylic acids is 1. The Balaban J connectivity index is 1.66. The van der Waals surface area contributed by atoms with Gasteiger partial charge in [0, 0.05) is 31.7 Å². The number of ether oxygens (including phenoxy) is 1. The van der Waals surface area contributed by atoms with E-state index in [4.69, 9.17) is 9.84 Å². The van der Waals surface area contributed by atoms with Crippen LogP contribution in [-0.2, 0) is 14.3 Å². The number of carbonyl (C=O) groups is 2. The first-order chi connectivity index (χ1) is 11.6. The van der Waals surface area contributed by atoms with Crippen molar-refractivity contribution in [1.82, 2.24) is 4.90 Å². The van der Waals surface area contributed by atoms with Gasteiger partial charge in [0.05, 0.1) is 6.42 Å². The lowest BCUT2D eigenvalue weighted by molar-refractivity contribution is -0.141. The van der Waals surface area contributed by atoms with Gasteiger partial charge in [-0.15, -0.1) is 0 Å². The molecule has 0 radical (unpaired) electrons. The van der Waals surface area contributed by atoms with Crippen LogP contribution in [0.3, 0.4) is 0 Å². The summed E-state index contributed by atoms with van der Waals surface area (Å²) in [6.45, 7) is 1.45. The summed E-state index contributed by atoms with van der Waals surface area (Å²) >= 11 is 0. The number of halogens is 1. The monoisotopic (exact) mass is 335 g/mol. The highest BCUT2D eigenvalue weighted by atomic mass is 19.1. The highest BCUT2D eigenvalue weighted by Crippen LogP contribution is 2.48. The van der Waals surface area contributed by atoms with Crippen molar-refractivity contribution in [3.8, 4) is 0 Å². The Morgan fingerprint density at radius 1 is 1.21 bits per heavy atom.